The van der Waals surface area contributed by atoms with Crippen molar-refractivity contribution in [1.29, 1.82) is 0 Å². The van der Waals surface area contributed by atoms with Gasteiger partial charge < -0.3 is 0 Å². The molecule has 1 aromatic heterocycles. The number of aryl methyl sites for hydroxylation is 2. The fourth-order valence-electron chi connectivity index (χ4n) is 2.32. The first-order valence-corrected chi connectivity index (χ1v) is 5.33. The SMILES string of the molecule is CC[n+]1ccc(C)c2c1CCCC2. The largest absolute Gasteiger partial charge is 0.202 e. The van der Waals surface area contributed by atoms with Crippen molar-refractivity contribution in [3.63, 3.8) is 0 Å². The quantitative estimate of drug-likeness (QED) is 0.577. The second-order valence-electron chi connectivity index (χ2n) is 3.92. The van der Waals surface area contributed by atoms with Crippen LogP contribution in [0, 0.1) is 6.92 Å². The van der Waals surface area contributed by atoms with Crippen molar-refractivity contribution in [3.8, 4) is 0 Å². The minimum atomic E-state index is 1.11. The summed E-state index contributed by atoms with van der Waals surface area (Å²) in [5.74, 6) is 0. The normalized spacial score (nSPS) is 15.5. The van der Waals surface area contributed by atoms with E-state index in [0.717, 1.165) is 6.54 Å². The van der Waals surface area contributed by atoms with Gasteiger partial charge in [0.05, 0.1) is 0 Å². The summed E-state index contributed by atoms with van der Waals surface area (Å²) in [5.41, 5.74) is 4.70. The Labute approximate surface area is 80.4 Å². The van der Waals surface area contributed by atoms with Crippen molar-refractivity contribution in [2.45, 2.75) is 46.1 Å². The number of hydrogen-bond acceptors (Lipinski definition) is 0. The number of fused-ring (bicyclic) bond motifs is 1. The Balaban J connectivity index is 2.52. The minimum Gasteiger partial charge on any atom is -0.202 e. The van der Waals surface area contributed by atoms with Crippen LogP contribution in [-0.2, 0) is 19.4 Å². The van der Waals surface area contributed by atoms with Gasteiger partial charge in [0.2, 0.25) is 0 Å². The van der Waals surface area contributed by atoms with E-state index in [9.17, 15) is 0 Å². The van der Waals surface area contributed by atoms with Crippen molar-refractivity contribution < 1.29 is 4.57 Å². The number of nitrogens with zero attached hydrogens (tertiary/aromatic N) is 1. The average molecular weight is 176 g/mol. The topological polar surface area (TPSA) is 3.88 Å². The maximum Gasteiger partial charge on any atom is 0.184 e. The standard InChI is InChI=1S/C12H18N/c1-3-13-9-8-10(2)11-6-4-5-7-12(11)13/h8-9H,3-7H2,1-2H3/q+1. The van der Waals surface area contributed by atoms with Crippen molar-refractivity contribution in [2.75, 3.05) is 0 Å². The molecule has 1 nitrogen and oxygen atoms in total. The van der Waals surface area contributed by atoms with E-state index >= 15 is 0 Å². The van der Waals surface area contributed by atoms with Crippen molar-refractivity contribution in [1.82, 2.24) is 0 Å². The van der Waals surface area contributed by atoms with Crippen LogP contribution in [-0.4, -0.2) is 0 Å². The van der Waals surface area contributed by atoms with E-state index in [4.69, 9.17) is 0 Å². The van der Waals surface area contributed by atoms with Crippen LogP contribution in [0.15, 0.2) is 12.3 Å². The van der Waals surface area contributed by atoms with Gasteiger partial charge in [-0.2, -0.15) is 0 Å². The molecule has 0 spiro atoms. The van der Waals surface area contributed by atoms with Gasteiger partial charge in [-0.25, -0.2) is 4.57 Å². The van der Waals surface area contributed by atoms with Crippen molar-refractivity contribution in [2.24, 2.45) is 0 Å². The highest BCUT2D eigenvalue weighted by atomic mass is 14.9. The molecule has 0 fully saturated rings. The van der Waals surface area contributed by atoms with Gasteiger partial charge in [0, 0.05) is 18.1 Å². The first-order valence-electron chi connectivity index (χ1n) is 5.33. The highest BCUT2D eigenvalue weighted by Gasteiger charge is 2.20. The van der Waals surface area contributed by atoms with Gasteiger partial charge in [-0.05, 0) is 38.7 Å². The molecule has 13 heavy (non-hydrogen) atoms. The van der Waals surface area contributed by atoms with E-state index in [0.29, 0.717) is 0 Å². The lowest BCUT2D eigenvalue weighted by Gasteiger charge is -2.15. The number of rotatable bonds is 1. The molecule has 0 saturated heterocycles. The molecular formula is C12H18N+. The van der Waals surface area contributed by atoms with Crippen LogP contribution < -0.4 is 4.57 Å². The van der Waals surface area contributed by atoms with Crippen LogP contribution in [0.25, 0.3) is 0 Å². The molecule has 0 aliphatic heterocycles. The zero-order chi connectivity index (χ0) is 9.26. The highest BCUT2D eigenvalue weighted by Crippen LogP contribution is 2.20. The second-order valence-corrected chi connectivity index (χ2v) is 3.92. The predicted molar refractivity (Wildman–Crippen MR) is 53.7 cm³/mol. The molecule has 2 rings (SSSR count). The van der Waals surface area contributed by atoms with Gasteiger partial charge in [0.15, 0.2) is 11.9 Å². The molecule has 1 aromatic rings. The fourth-order valence-corrected chi connectivity index (χ4v) is 2.32. The Morgan fingerprint density at radius 3 is 2.85 bits per heavy atom. The van der Waals surface area contributed by atoms with Gasteiger partial charge in [-0.3, -0.25) is 0 Å². The van der Waals surface area contributed by atoms with Crippen LogP contribution in [0.4, 0.5) is 0 Å². The summed E-state index contributed by atoms with van der Waals surface area (Å²) in [5, 5.41) is 0. The third kappa shape index (κ3) is 1.48. The summed E-state index contributed by atoms with van der Waals surface area (Å²) in [4.78, 5) is 0. The summed E-state index contributed by atoms with van der Waals surface area (Å²) in [7, 11) is 0. The first-order chi connectivity index (χ1) is 6.33. The van der Waals surface area contributed by atoms with Gasteiger partial charge >= 0.3 is 0 Å². The van der Waals surface area contributed by atoms with Crippen LogP contribution in [0.3, 0.4) is 0 Å². The first kappa shape index (κ1) is 8.74. The molecule has 0 atom stereocenters. The van der Waals surface area contributed by atoms with Gasteiger partial charge in [-0.15, -0.1) is 0 Å². The molecule has 0 unspecified atom stereocenters. The van der Waals surface area contributed by atoms with Crippen LogP contribution >= 0.6 is 0 Å². The van der Waals surface area contributed by atoms with Crippen LogP contribution in [0.1, 0.15) is 36.6 Å². The zero-order valence-electron chi connectivity index (χ0n) is 8.64. The minimum absolute atomic E-state index is 1.11. The smallest absolute Gasteiger partial charge is 0.184 e. The van der Waals surface area contributed by atoms with E-state index in [1.807, 2.05) is 0 Å². The summed E-state index contributed by atoms with van der Waals surface area (Å²) < 4.78 is 2.40. The summed E-state index contributed by atoms with van der Waals surface area (Å²) in [6, 6.07) is 2.26. The van der Waals surface area contributed by atoms with Crippen LogP contribution in [0.2, 0.25) is 0 Å². The predicted octanol–water partition coefficient (Wildman–Crippen LogP) is 2.18. The molecule has 1 aliphatic rings. The van der Waals surface area contributed by atoms with Crippen molar-refractivity contribution in [3.05, 3.63) is 29.1 Å². The number of pyridine rings is 1. The Kier molecular flexibility index (Phi) is 2.34. The molecule has 0 N–H and O–H groups in total. The molecule has 1 heterocycles. The van der Waals surface area contributed by atoms with E-state index < -0.39 is 0 Å². The lowest BCUT2D eigenvalue weighted by molar-refractivity contribution is -0.701. The maximum atomic E-state index is 2.40. The van der Waals surface area contributed by atoms with E-state index in [2.05, 4.69) is 30.7 Å². The fraction of sp³-hybridized carbons (Fsp3) is 0.583. The van der Waals surface area contributed by atoms with E-state index in [1.165, 1.54) is 31.2 Å². The molecule has 1 heteroatoms. The molecule has 70 valence electrons. The second kappa shape index (κ2) is 3.49. The molecule has 0 saturated carbocycles. The lowest BCUT2D eigenvalue weighted by atomic mass is 9.92. The molecule has 1 aliphatic carbocycles. The summed E-state index contributed by atoms with van der Waals surface area (Å²) >= 11 is 0. The molecule has 0 bridgehead atoms. The lowest BCUT2D eigenvalue weighted by Crippen LogP contribution is -2.39. The van der Waals surface area contributed by atoms with Gasteiger partial charge in [-0.1, -0.05) is 0 Å². The summed E-state index contributed by atoms with van der Waals surface area (Å²) in [6.07, 6.45) is 7.56. The van der Waals surface area contributed by atoms with Gasteiger partial charge in [0.1, 0.15) is 6.54 Å². The average Bonchev–Trinajstić information content (AvgIpc) is 2.19. The van der Waals surface area contributed by atoms with Gasteiger partial charge in [0.25, 0.3) is 0 Å². The van der Waals surface area contributed by atoms with Crippen LogP contribution in [0.5, 0.6) is 0 Å². The third-order valence-corrected chi connectivity index (χ3v) is 3.11. The Morgan fingerprint density at radius 2 is 2.08 bits per heavy atom. The third-order valence-electron chi connectivity index (χ3n) is 3.11. The Bertz CT molecular complexity index is 315. The Hall–Kier alpha value is -0.850. The molecule has 0 radical (unpaired) electrons. The van der Waals surface area contributed by atoms with E-state index in [1.54, 1.807) is 11.3 Å². The van der Waals surface area contributed by atoms with Crippen molar-refractivity contribution >= 4 is 0 Å². The van der Waals surface area contributed by atoms with E-state index in [-0.39, 0.29) is 0 Å². The zero-order valence-corrected chi connectivity index (χ0v) is 8.64. The number of aromatic nitrogens is 1. The Morgan fingerprint density at radius 1 is 1.31 bits per heavy atom. The summed E-state index contributed by atoms with van der Waals surface area (Å²) in [6.45, 7) is 5.58. The molecular weight excluding hydrogens is 158 g/mol. The maximum absolute atomic E-state index is 2.40. The monoisotopic (exact) mass is 176 g/mol. The molecule has 0 amide bonds. The highest BCUT2D eigenvalue weighted by molar-refractivity contribution is 5.27. The molecule has 0 aromatic carbocycles. The number of hydrogen-bond donors (Lipinski definition) is 0.